The topological polar surface area (TPSA) is 28.2 Å². The van der Waals surface area contributed by atoms with Gasteiger partial charge in [-0.25, -0.2) is 0 Å². The Balaban J connectivity index is 1.66. The average Bonchev–Trinajstić information content (AvgIpc) is 3.25. The SMILES string of the molecule is CC(C)CC1CN(Cc2ccc(Br)cn2)C(C2CC2)CN1. The Morgan fingerprint density at radius 1 is 1.38 bits per heavy atom. The molecule has 0 radical (unpaired) electrons. The molecule has 0 spiro atoms. The predicted molar refractivity (Wildman–Crippen MR) is 90.1 cm³/mol. The van der Waals surface area contributed by atoms with Crippen molar-refractivity contribution in [2.45, 2.75) is 51.7 Å². The van der Waals surface area contributed by atoms with E-state index in [0.29, 0.717) is 12.1 Å². The minimum atomic E-state index is 0.635. The molecule has 2 unspecified atom stereocenters. The molecule has 1 N–H and O–H groups in total. The lowest BCUT2D eigenvalue weighted by molar-refractivity contribution is 0.0989. The van der Waals surface area contributed by atoms with Gasteiger partial charge in [-0.15, -0.1) is 0 Å². The number of hydrogen-bond acceptors (Lipinski definition) is 3. The molecule has 0 amide bonds. The van der Waals surface area contributed by atoms with Crippen LogP contribution >= 0.6 is 15.9 Å². The van der Waals surface area contributed by atoms with Crippen LogP contribution < -0.4 is 5.32 Å². The zero-order valence-corrected chi connectivity index (χ0v) is 14.6. The van der Waals surface area contributed by atoms with Gasteiger partial charge in [0.15, 0.2) is 0 Å². The fraction of sp³-hybridized carbons (Fsp3) is 0.706. The zero-order valence-electron chi connectivity index (χ0n) is 13.1. The summed E-state index contributed by atoms with van der Waals surface area (Å²) in [5, 5.41) is 3.78. The second-order valence-corrected chi connectivity index (χ2v) is 7.95. The Morgan fingerprint density at radius 3 is 2.81 bits per heavy atom. The molecule has 116 valence electrons. The highest BCUT2D eigenvalue weighted by Gasteiger charge is 2.38. The van der Waals surface area contributed by atoms with Gasteiger partial charge in [0, 0.05) is 42.4 Å². The van der Waals surface area contributed by atoms with Crippen LogP contribution in [0.15, 0.2) is 22.8 Å². The predicted octanol–water partition coefficient (Wildman–Crippen LogP) is 3.44. The molecule has 0 bridgehead atoms. The van der Waals surface area contributed by atoms with Crippen molar-refractivity contribution in [3.8, 4) is 0 Å². The first kappa shape index (κ1) is 15.4. The lowest BCUT2D eigenvalue weighted by Crippen LogP contribution is -2.57. The Bertz CT molecular complexity index is 456. The van der Waals surface area contributed by atoms with E-state index in [9.17, 15) is 0 Å². The van der Waals surface area contributed by atoms with Crippen molar-refractivity contribution in [3.63, 3.8) is 0 Å². The number of halogens is 1. The van der Waals surface area contributed by atoms with E-state index in [1.54, 1.807) is 0 Å². The first-order valence-corrected chi connectivity index (χ1v) is 8.99. The molecule has 2 aliphatic rings. The van der Waals surface area contributed by atoms with Crippen LogP contribution in [-0.2, 0) is 6.54 Å². The minimum Gasteiger partial charge on any atom is -0.311 e. The van der Waals surface area contributed by atoms with Gasteiger partial charge >= 0.3 is 0 Å². The van der Waals surface area contributed by atoms with Crippen LogP contribution in [0.5, 0.6) is 0 Å². The molecule has 1 saturated heterocycles. The second kappa shape index (κ2) is 6.76. The van der Waals surface area contributed by atoms with E-state index < -0.39 is 0 Å². The molecule has 1 aliphatic heterocycles. The van der Waals surface area contributed by atoms with E-state index in [0.717, 1.165) is 35.9 Å². The first-order chi connectivity index (χ1) is 10.1. The Labute approximate surface area is 136 Å². The fourth-order valence-electron chi connectivity index (χ4n) is 3.46. The van der Waals surface area contributed by atoms with Crippen LogP contribution in [-0.4, -0.2) is 35.1 Å². The maximum Gasteiger partial charge on any atom is 0.0544 e. The number of hydrogen-bond donors (Lipinski definition) is 1. The van der Waals surface area contributed by atoms with Crippen molar-refractivity contribution in [1.29, 1.82) is 0 Å². The average molecular weight is 352 g/mol. The van der Waals surface area contributed by atoms with Crippen LogP contribution in [0.4, 0.5) is 0 Å². The molecule has 2 fully saturated rings. The summed E-state index contributed by atoms with van der Waals surface area (Å²) in [6, 6.07) is 5.59. The standard InChI is InChI=1S/C17H26BrN3/c1-12(2)7-16-11-21(17(9-20-16)13-3-4-13)10-15-6-5-14(18)8-19-15/h5-6,8,12-13,16-17,20H,3-4,7,9-11H2,1-2H3. The molecule has 1 aromatic rings. The lowest BCUT2D eigenvalue weighted by Gasteiger charge is -2.41. The second-order valence-electron chi connectivity index (χ2n) is 7.04. The highest BCUT2D eigenvalue weighted by molar-refractivity contribution is 9.10. The smallest absolute Gasteiger partial charge is 0.0544 e. The van der Waals surface area contributed by atoms with Crippen LogP contribution in [0.2, 0.25) is 0 Å². The number of pyridine rings is 1. The summed E-state index contributed by atoms with van der Waals surface area (Å²) in [6.07, 6.45) is 5.99. The van der Waals surface area contributed by atoms with Crippen LogP contribution in [0.25, 0.3) is 0 Å². The van der Waals surface area contributed by atoms with Crippen LogP contribution in [0.3, 0.4) is 0 Å². The van der Waals surface area contributed by atoms with Gasteiger partial charge in [-0.2, -0.15) is 0 Å². The van der Waals surface area contributed by atoms with E-state index in [1.165, 1.54) is 25.0 Å². The van der Waals surface area contributed by atoms with Gasteiger partial charge in [0.05, 0.1) is 5.69 Å². The van der Waals surface area contributed by atoms with E-state index >= 15 is 0 Å². The maximum absolute atomic E-state index is 4.56. The molecule has 1 saturated carbocycles. The van der Waals surface area contributed by atoms with Crippen molar-refractivity contribution >= 4 is 15.9 Å². The van der Waals surface area contributed by atoms with E-state index in [4.69, 9.17) is 0 Å². The molecule has 2 heterocycles. The number of piperazine rings is 1. The first-order valence-electron chi connectivity index (χ1n) is 8.19. The monoisotopic (exact) mass is 351 g/mol. The summed E-state index contributed by atoms with van der Waals surface area (Å²) in [5.74, 6) is 1.67. The molecule has 3 nitrogen and oxygen atoms in total. The summed E-state index contributed by atoms with van der Waals surface area (Å²) in [5.41, 5.74) is 1.19. The summed E-state index contributed by atoms with van der Waals surface area (Å²) < 4.78 is 1.06. The quantitative estimate of drug-likeness (QED) is 0.880. The van der Waals surface area contributed by atoms with Gasteiger partial charge in [0.2, 0.25) is 0 Å². The maximum atomic E-state index is 4.56. The molecular weight excluding hydrogens is 326 g/mol. The van der Waals surface area contributed by atoms with E-state index in [-0.39, 0.29) is 0 Å². The van der Waals surface area contributed by atoms with Gasteiger partial charge in [0.1, 0.15) is 0 Å². The highest BCUT2D eigenvalue weighted by atomic mass is 79.9. The molecule has 3 rings (SSSR count). The number of nitrogens with one attached hydrogen (secondary N) is 1. The molecule has 4 heteroatoms. The molecule has 1 aliphatic carbocycles. The molecule has 1 aromatic heterocycles. The Hall–Kier alpha value is -0.450. The molecule has 0 aromatic carbocycles. The minimum absolute atomic E-state index is 0.635. The number of nitrogens with zero attached hydrogens (tertiary/aromatic N) is 2. The largest absolute Gasteiger partial charge is 0.311 e. The fourth-order valence-corrected chi connectivity index (χ4v) is 3.70. The van der Waals surface area contributed by atoms with E-state index in [2.05, 4.69) is 57.1 Å². The van der Waals surface area contributed by atoms with Crippen molar-refractivity contribution in [2.75, 3.05) is 13.1 Å². The zero-order chi connectivity index (χ0) is 14.8. The molecular formula is C17H26BrN3. The van der Waals surface area contributed by atoms with Crippen molar-refractivity contribution < 1.29 is 0 Å². The number of aromatic nitrogens is 1. The third-order valence-electron chi connectivity index (χ3n) is 4.62. The van der Waals surface area contributed by atoms with Gasteiger partial charge < -0.3 is 5.32 Å². The number of rotatable bonds is 5. The van der Waals surface area contributed by atoms with Crippen molar-refractivity contribution in [3.05, 3.63) is 28.5 Å². The van der Waals surface area contributed by atoms with Crippen LogP contribution in [0.1, 0.15) is 38.8 Å². The highest BCUT2D eigenvalue weighted by Crippen LogP contribution is 2.37. The Kier molecular flexibility index (Phi) is 4.97. The van der Waals surface area contributed by atoms with Crippen molar-refractivity contribution in [1.82, 2.24) is 15.2 Å². The third kappa shape index (κ3) is 4.27. The molecule has 21 heavy (non-hydrogen) atoms. The van der Waals surface area contributed by atoms with Gasteiger partial charge in [-0.3, -0.25) is 9.88 Å². The van der Waals surface area contributed by atoms with E-state index in [1.807, 2.05) is 6.20 Å². The van der Waals surface area contributed by atoms with Crippen LogP contribution in [0, 0.1) is 11.8 Å². The van der Waals surface area contributed by atoms with Gasteiger partial charge in [0.25, 0.3) is 0 Å². The lowest BCUT2D eigenvalue weighted by atomic mass is 9.98. The van der Waals surface area contributed by atoms with Crippen molar-refractivity contribution in [2.24, 2.45) is 11.8 Å². The Morgan fingerprint density at radius 2 is 2.19 bits per heavy atom. The van der Waals surface area contributed by atoms with Gasteiger partial charge in [-0.1, -0.05) is 13.8 Å². The molecule has 2 atom stereocenters. The summed E-state index contributed by atoms with van der Waals surface area (Å²) in [4.78, 5) is 7.24. The third-order valence-corrected chi connectivity index (χ3v) is 5.08. The summed E-state index contributed by atoms with van der Waals surface area (Å²) in [6.45, 7) is 7.94. The van der Waals surface area contributed by atoms with Gasteiger partial charge in [-0.05, 0) is 59.2 Å². The normalized spacial score (nSPS) is 27.2. The summed E-state index contributed by atoms with van der Waals surface area (Å²) in [7, 11) is 0. The summed E-state index contributed by atoms with van der Waals surface area (Å²) >= 11 is 3.47.